The fraction of sp³-hybridized carbons (Fsp3) is 1.00. The van der Waals surface area contributed by atoms with Gasteiger partial charge in [-0.3, -0.25) is 0 Å². The number of rotatable bonds is 7. The van der Waals surface area contributed by atoms with Crippen LogP contribution in [0.5, 0.6) is 0 Å². The summed E-state index contributed by atoms with van der Waals surface area (Å²) in [6, 6.07) is 0.851. The van der Waals surface area contributed by atoms with E-state index in [0.29, 0.717) is 5.41 Å². The summed E-state index contributed by atoms with van der Waals surface area (Å²) >= 11 is 0. The second kappa shape index (κ2) is 5.31. The van der Waals surface area contributed by atoms with Crippen molar-refractivity contribution in [1.82, 2.24) is 5.32 Å². The monoisotopic (exact) mass is 211 g/mol. The molecule has 0 spiro atoms. The predicted molar refractivity (Wildman–Crippen MR) is 63.0 cm³/mol. The van der Waals surface area contributed by atoms with Crippen molar-refractivity contribution in [3.8, 4) is 0 Å². The van der Waals surface area contributed by atoms with Crippen molar-refractivity contribution in [2.24, 2.45) is 5.41 Å². The number of hydrogen-bond donors (Lipinski definition) is 1. The second-order valence-electron chi connectivity index (χ2n) is 5.43. The van der Waals surface area contributed by atoms with Crippen molar-refractivity contribution in [1.29, 1.82) is 0 Å². The van der Waals surface area contributed by atoms with E-state index in [4.69, 9.17) is 4.74 Å². The SMILES string of the molecule is COCCC1(CCNC2CCC2)CCC1. The summed E-state index contributed by atoms with van der Waals surface area (Å²) < 4.78 is 5.21. The number of hydrogen-bond acceptors (Lipinski definition) is 2. The van der Waals surface area contributed by atoms with Crippen LogP contribution in [0.25, 0.3) is 0 Å². The highest BCUT2D eigenvalue weighted by Gasteiger charge is 2.35. The van der Waals surface area contributed by atoms with E-state index in [1.807, 2.05) is 7.11 Å². The molecule has 2 aliphatic rings. The summed E-state index contributed by atoms with van der Waals surface area (Å²) in [6.07, 6.45) is 11.2. The van der Waals surface area contributed by atoms with Gasteiger partial charge in [0.1, 0.15) is 0 Å². The third-order valence-electron chi connectivity index (χ3n) is 4.44. The highest BCUT2D eigenvalue weighted by atomic mass is 16.5. The molecule has 0 aromatic heterocycles. The lowest BCUT2D eigenvalue weighted by atomic mass is 9.65. The molecule has 2 aliphatic carbocycles. The lowest BCUT2D eigenvalue weighted by molar-refractivity contribution is 0.0600. The van der Waals surface area contributed by atoms with Gasteiger partial charge in [0, 0.05) is 19.8 Å². The molecule has 1 N–H and O–H groups in total. The molecule has 0 atom stereocenters. The van der Waals surface area contributed by atoms with Crippen LogP contribution in [0, 0.1) is 5.41 Å². The van der Waals surface area contributed by atoms with Crippen molar-refractivity contribution in [3.05, 3.63) is 0 Å². The van der Waals surface area contributed by atoms with Gasteiger partial charge < -0.3 is 10.1 Å². The third kappa shape index (κ3) is 2.94. The van der Waals surface area contributed by atoms with Crippen LogP contribution in [0.3, 0.4) is 0 Å². The summed E-state index contributed by atoms with van der Waals surface area (Å²) in [4.78, 5) is 0. The predicted octanol–water partition coefficient (Wildman–Crippen LogP) is 2.73. The minimum Gasteiger partial charge on any atom is -0.385 e. The normalized spacial score (nSPS) is 24.6. The Kier molecular flexibility index (Phi) is 4.04. The lowest BCUT2D eigenvalue weighted by Gasteiger charge is -2.43. The molecular weight excluding hydrogens is 186 g/mol. The number of nitrogens with one attached hydrogen (secondary N) is 1. The summed E-state index contributed by atoms with van der Waals surface area (Å²) in [7, 11) is 1.82. The van der Waals surface area contributed by atoms with Gasteiger partial charge in [0.25, 0.3) is 0 Å². The molecule has 2 saturated carbocycles. The average molecular weight is 211 g/mol. The van der Waals surface area contributed by atoms with Gasteiger partial charge in [-0.05, 0) is 50.5 Å². The van der Waals surface area contributed by atoms with Gasteiger partial charge in [0.15, 0.2) is 0 Å². The van der Waals surface area contributed by atoms with Crippen LogP contribution < -0.4 is 5.32 Å². The van der Waals surface area contributed by atoms with Gasteiger partial charge in [0.2, 0.25) is 0 Å². The molecule has 0 aliphatic heterocycles. The largest absolute Gasteiger partial charge is 0.385 e. The maximum absolute atomic E-state index is 5.21. The summed E-state index contributed by atoms with van der Waals surface area (Å²) in [5.74, 6) is 0. The van der Waals surface area contributed by atoms with Gasteiger partial charge in [-0.2, -0.15) is 0 Å². The molecule has 2 fully saturated rings. The quantitative estimate of drug-likeness (QED) is 0.699. The van der Waals surface area contributed by atoms with Crippen molar-refractivity contribution >= 4 is 0 Å². The van der Waals surface area contributed by atoms with Crippen molar-refractivity contribution in [2.45, 2.75) is 57.4 Å². The molecule has 2 heteroatoms. The molecular formula is C13H25NO. The molecule has 0 saturated heterocycles. The third-order valence-corrected chi connectivity index (χ3v) is 4.44. The molecule has 15 heavy (non-hydrogen) atoms. The summed E-state index contributed by atoms with van der Waals surface area (Å²) in [6.45, 7) is 2.18. The second-order valence-corrected chi connectivity index (χ2v) is 5.43. The van der Waals surface area contributed by atoms with Crippen molar-refractivity contribution in [3.63, 3.8) is 0 Å². The summed E-state index contributed by atoms with van der Waals surface area (Å²) in [5.41, 5.74) is 0.646. The topological polar surface area (TPSA) is 21.3 Å². The van der Waals surface area contributed by atoms with Crippen LogP contribution in [0.4, 0.5) is 0 Å². The molecule has 88 valence electrons. The lowest BCUT2D eigenvalue weighted by Crippen LogP contribution is -2.40. The first-order valence-electron chi connectivity index (χ1n) is 6.57. The van der Waals surface area contributed by atoms with E-state index >= 15 is 0 Å². The molecule has 2 rings (SSSR count). The Balaban J connectivity index is 1.61. The van der Waals surface area contributed by atoms with Gasteiger partial charge >= 0.3 is 0 Å². The zero-order valence-electron chi connectivity index (χ0n) is 10.1. The first kappa shape index (κ1) is 11.4. The van der Waals surface area contributed by atoms with Crippen LogP contribution in [-0.4, -0.2) is 26.3 Å². The van der Waals surface area contributed by atoms with E-state index in [1.54, 1.807) is 0 Å². The zero-order valence-corrected chi connectivity index (χ0v) is 10.1. The smallest absolute Gasteiger partial charge is 0.0467 e. The fourth-order valence-electron chi connectivity index (χ4n) is 2.77. The molecule has 0 amide bonds. The van der Waals surface area contributed by atoms with Crippen molar-refractivity contribution in [2.75, 3.05) is 20.3 Å². The Labute approximate surface area is 93.8 Å². The van der Waals surface area contributed by atoms with Crippen molar-refractivity contribution < 1.29 is 4.74 Å². The van der Waals surface area contributed by atoms with Gasteiger partial charge in [-0.15, -0.1) is 0 Å². The molecule has 0 bridgehead atoms. The Morgan fingerprint density at radius 2 is 2.00 bits per heavy atom. The molecule has 0 unspecified atom stereocenters. The highest BCUT2D eigenvalue weighted by molar-refractivity contribution is 4.88. The Morgan fingerprint density at radius 1 is 1.20 bits per heavy atom. The minimum atomic E-state index is 0.646. The maximum Gasteiger partial charge on any atom is 0.0467 e. The van der Waals surface area contributed by atoms with Crippen LogP contribution in [0.2, 0.25) is 0 Å². The zero-order chi connectivity index (χ0) is 10.6. The van der Waals surface area contributed by atoms with Crippen LogP contribution in [0.15, 0.2) is 0 Å². The molecule has 2 nitrogen and oxygen atoms in total. The maximum atomic E-state index is 5.21. The molecule has 0 radical (unpaired) electrons. The minimum absolute atomic E-state index is 0.646. The molecule has 0 aromatic carbocycles. The van der Waals surface area contributed by atoms with Crippen LogP contribution in [-0.2, 0) is 4.74 Å². The number of ether oxygens (including phenoxy) is 1. The fourth-order valence-corrected chi connectivity index (χ4v) is 2.77. The Bertz CT molecular complexity index is 185. The first-order valence-corrected chi connectivity index (χ1v) is 6.57. The standard InChI is InChI=1S/C13H25NO/c1-15-11-9-13(6-3-7-13)8-10-14-12-4-2-5-12/h12,14H,2-11H2,1H3. The van der Waals surface area contributed by atoms with E-state index in [1.165, 1.54) is 57.9 Å². The molecule has 0 aromatic rings. The number of methoxy groups -OCH3 is 1. The van der Waals surface area contributed by atoms with Crippen LogP contribution >= 0.6 is 0 Å². The van der Waals surface area contributed by atoms with Gasteiger partial charge in [0.05, 0.1) is 0 Å². The highest BCUT2D eigenvalue weighted by Crippen LogP contribution is 2.46. The van der Waals surface area contributed by atoms with E-state index in [9.17, 15) is 0 Å². The molecule has 0 heterocycles. The Hall–Kier alpha value is -0.0800. The van der Waals surface area contributed by atoms with Gasteiger partial charge in [-0.25, -0.2) is 0 Å². The first-order chi connectivity index (χ1) is 7.35. The van der Waals surface area contributed by atoms with Crippen LogP contribution in [0.1, 0.15) is 51.4 Å². The van der Waals surface area contributed by atoms with E-state index in [0.717, 1.165) is 12.6 Å². The van der Waals surface area contributed by atoms with E-state index in [-0.39, 0.29) is 0 Å². The van der Waals surface area contributed by atoms with Gasteiger partial charge in [-0.1, -0.05) is 12.8 Å². The average Bonchev–Trinajstić information content (AvgIpc) is 2.11. The van der Waals surface area contributed by atoms with E-state index in [2.05, 4.69) is 5.32 Å². The van der Waals surface area contributed by atoms with E-state index < -0.39 is 0 Å². The Morgan fingerprint density at radius 3 is 2.47 bits per heavy atom. The summed E-state index contributed by atoms with van der Waals surface area (Å²) in [5, 5.41) is 3.68.